The van der Waals surface area contributed by atoms with E-state index in [0.717, 1.165) is 11.7 Å². The summed E-state index contributed by atoms with van der Waals surface area (Å²) in [5.41, 5.74) is 1.04. The molecule has 0 unspecified atom stereocenters. The van der Waals surface area contributed by atoms with E-state index in [1.165, 1.54) is 31.2 Å². The highest BCUT2D eigenvalue weighted by atomic mass is 35.5. The number of primary sulfonamides is 1. The summed E-state index contributed by atoms with van der Waals surface area (Å²) in [6.07, 6.45) is 0. The standard InChI is InChI=1S/C16H13ClN6O4S2/c1-7(2)16(25)19-11-6-8(5-9(17)15(11)24)20-21-10-3-4-12(29(18,26)27)14-13(10)22-28-23-14/h3-6,24H,1H2,2H3,(H,19,25)(H2,18,26,27). The van der Waals surface area contributed by atoms with Crippen molar-refractivity contribution in [3.05, 3.63) is 41.4 Å². The molecule has 0 aliphatic rings. The third-order valence-corrected chi connectivity index (χ3v) is 5.38. The van der Waals surface area contributed by atoms with Gasteiger partial charge in [0.1, 0.15) is 21.6 Å². The number of benzene rings is 2. The lowest BCUT2D eigenvalue weighted by Crippen LogP contribution is -2.12. The van der Waals surface area contributed by atoms with E-state index in [1.807, 2.05) is 0 Å². The van der Waals surface area contributed by atoms with Gasteiger partial charge in [-0.2, -0.15) is 13.9 Å². The van der Waals surface area contributed by atoms with Crippen molar-refractivity contribution in [3.8, 4) is 5.75 Å². The molecule has 0 spiro atoms. The number of hydrogen-bond donors (Lipinski definition) is 3. The van der Waals surface area contributed by atoms with Crippen LogP contribution in [0.2, 0.25) is 5.02 Å². The summed E-state index contributed by atoms with van der Waals surface area (Å²) in [6.45, 7) is 5.03. The van der Waals surface area contributed by atoms with Crippen molar-refractivity contribution in [3.63, 3.8) is 0 Å². The van der Waals surface area contributed by atoms with Crippen molar-refractivity contribution in [2.75, 3.05) is 5.32 Å². The van der Waals surface area contributed by atoms with Crippen LogP contribution in [-0.4, -0.2) is 28.2 Å². The highest BCUT2D eigenvalue weighted by molar-refractivity contribution is 7.89. The number of fused-ring (bicyclic) bond motifs is 1. The number of nitrogens with two attached hydrogens (primary N) is 1. The Morgan fingerprint density at radius 2 is 1.97 bits per heavy atom. The maximum absolute atomic E-state index is 11.8. The highest BCUT2D eigenvalue weighted by Crippen LogP contribution is 2.37. The largest absolute Gasteiger partial charge is 0.504 e. The van der Waals surface area contributed by atoms with Crippen LogP contribution in [0.3, 0.4) is 0 Å². The van der Waals surface area contributed by atoms with Gasteiger partial charge in [-0.15, -0.1) is 5.11 Å². The second-order valence-electron chi connectivity index (χ2n) is 5.85. The first kappa shape index (κ1) is 20.8. The normalized spacial score (nSPS) is 11.8. The van der Waals surface area contributed by atoms with Gasteiger partial charge in [-0.1, -0.05) is 18.2 Å². The van der Waals surface area contributed by atoms with E-state index in [-0.39, 0.29) is 49.3 Å². The number of sulfonamides is 1. The topological polar surface area (TPSA) is 160 Å². The fourth-order valence-electron chi connectivity index (χ4n) is 2.22. The summed E-state index contributed by atoms with van der Waals surface area (Å²) in [5, 5.41) is 25.7. The minimum Gasteiger partial charge on any atom is -0.504 e. The molecule has 0 aliphatic heterocycles. The molecule has 0 radical (unpaired) electrons. The van der Waals surface area contributed by atoms with Crippen LogP contribution in [0.4, 0.5) is 17.1 Å². The Hall–Kier alpha value is -2.93. The molecule has 150 valence electrons. The number of phenolic OH excluding ortho intramolecular Hbond substituents is 1. The van der Waals surface area contributed by atoms with Gasteiger partial charge in [0, 0.05) is 5.57 Å². The van der Waals surface area contributed by atoms with Gasteiger partial charge in [0.15, 0.2) is 5.75 Å². The number of azo groups is 1. The first-order chi connectivity index (χ1) is 13.6. The molecule has 0 saturated carbocycles. The summed E-state index contributed by atoms with van der Waals surface area (Å²) >= 11 is 6.79. The Kier molecular flexibility index (Phi) is 5.61. The van der Waals surface area contributed by atoms with E-state index >= 15 is 0 Å². The maximum atomic E-state index is 11.8. The number of halogens is 1. The van der Waals surface area contributed by atoms with E-state index in [1.54, 1.807) is 0 Å². The fourth-order valence-corrected chi connectivity index (χ4v) is 3.73. The molecule has 0 bridgehead atoms. The van der Waals surface area contributed by atoms with Crippen LogP contribution in [-0.2, 0) is 14.8 Å². The average Bonchev–Trinajstić information content (AvgIpc) is 3.12. The first-order valence-corrected chi connectivity index (χ1v) is 10.4. The molecule has 2 aromatic carbocycles. The highest BCUT2D eigenvalue weighted by Gasteiger charge is 2.18. The minimum atomic E-state index is -3.98. The number of anilines is 1. The maximum Gasteiger partial charge on any atom is 0.250 e. The molecule has 3 aromatic rings. The van der Waals surface area contributed by atoms with Crippen LogP contribution in [0, 0.1) is 0 Å². The van der Waals surface area contributed by atoms with Gasteiger partial charge in [-0.25, -0.2) is 13.6 Å². The number of aromatic nitrogens is 2. The molecule has 0 atom stereocenters. The second-order valence-corrected chi connectivity index (χ2v) is 8.31. The van der Waals surface area contributed by atoms with E-state index in [2.05, 4.69) is 30.9 Å². The molecule has 1 amide bonds. The molecule has 1 heterocycles. The molecule has 13 heteroatoms. The third kappa shape index (κ3) is 4.40. The number of nitrogens with one attached hydrogen (secondary N) is 1. The quantitative estimate of drug-likeness (QED) is 0.304. The average molecular weight is 453 g/mol. The summed E-state index contributed by atoms with van der Waals surface area (Å²) < 4.78 is 31.3. The fraction of sp³-hybridized carbons (Fsp3) is 0.0625. The molecule has 0 fully saturated rings. The van der Waals surface area contributed by atoms with Crippen LogP contribution in [0.1, 0.15) is 6.92 Å². The number of aromatic hydroxyl groups is 1. The molecule has 10 nitrogen and oxygen atoms in total. The predicted octanol–water partition coefficient (Wildman–Crippen LogP) is 3.63. The lowest BCUT2D eigenvalue weighted by Gasteiger charge is -2.09. The summed E-state index contributed by atoms with van der Waals surface area (Å²) in [6, 6.07) is 5.35. The predicted molar refractivity (Wildman–Crippen MR) is 110 cm³/mol. The summed E-state index contributed by atoms with van der Waals surface area (Å²) in [5.74, 6) is -0.830. The molecular weight excluding hydrogens is 440 g/mol. The Morgan fingerprint density at radius 1 is 1.28 bits per heavy atom. The smallest absolute Gasteiger partial charge is 0.250 e. The number of hydrogen-bond acceptors (Lipinski definition) is 9. The molecule has 3 rings (SSSR count). The van der Waals surface area contributed by atoms with Gasteiger partial charge in [-0.05, 0) is 31.2 Å². The van der Waals surface area contributed by atoms with Crippen molar-refractivity contribution in [2.45, 2.75) is 11.8 Å². The second kappa shape index (κ2) is 7.83. The zero-order valence-electron chi connectivity index (χ0n) is 14.7. The molecule has 0 saturated heterocycles. The van der Waals surface area contributed by atoms with Crippen molar-refractivity contribution in [1.29, 1.82) is 0 Å². The van der Waals surface area contributed by atoms with E-state index in [9.17, 15) is 18.3 Å². The van der Waals surface area contributed by atoms with Crippen molar-refractivity contribution < 1.29 is 18.3 Å². The molecule has 4 N–H and O–H groups in total. The number of rotatable bonds is 5. The lowest BCUT2D eigenvalue weighted by molar-refractivity contribution is -0.112. The lowest BCUT2D eigenvalue weighted by atomic mass is 10.2. The van der Waals surface area contributed by atoms with Crippen molar-refractivity contribution in [2.24, 2.45) is 15.4 Å². The Bertz CT molecular complexity index is 1290. The van der Waals surface area contributed by atoms with E-state index in [4.69, 9.17) is 16.7 Å². The van der Waals surface area contributed by atoms with Crippen LogP contribution >= 0.6 is 23.3 Å². The van der Waals surface area contributed by atoms with E-state index < -0.39 is 15.9 Å². The molecule has 29 heavy (non-hydrogen) atoms. The third-order valence-electron chi connectivity index (χ3n) is 3.62. The van der Waals surface area contributed by atoms with Crippen LogP contribution in [0.5, 0.6) is 5.75 Å². The SMILES string of the molecule is C=C(C)C(=O)Nc1cc(N=Nc2ccc(S(N)(=O)=O)c3nsnc23)cc(Cl)c1O. The number of phenols is 1. The zero-order valence-corrected chi connectivity index (χ0v) is 17.1. The Balaban J connectivity index is 2.01. The van der Waals surface area contributed by atoms with Crippen LogP contribution < -0.4 is 10.5 Å². The monoisotopic (exact) mass is 452 g/mol. The van der Waals surface area contributed by atoms with Gasteiger partial charge in [0.05, 0.1) is 28.1 Å². The first-order valence-electron chi connectivity index (χ1n) is 7.77. The number of nitrogens with zero attached hydrogens (tertiary/aromatic N) is 4. The molecule has 1 aromatic heterocycles. The van der Waals surface area contributed by atoms with Crippen molar-refractivity contribution >= 4 is 67.4 Å². The Morgan fingerprint density at radius 3 is 2.62 bits per heavy atom. The molecular formula is C16H13ClN6O4S2. The van der Waals surface area contributed by atoms with Gasteiger partial charge >= 0.3 is 0 Å². The van der Waals surface area contributed by atoms with Crippen molar-refractivity contribution in [1.82, 2.24) is 8.75 Å². The number of carbonyl (C=O) groups excluding carboxylic acids is 1. The van der Waals surface area contributed by atoms with Gasteiger partial charge < -0.3 is 10.4 Å². The van der Waals surface area contributed by atoms with E-state index in [0.29, 0.717) is 0 Å². The zero-order chi connectivity index (χ0) is 21.3. The molecule has 0 aliphatic carbocycles. The van der Waals surface area contributed by atoms with Crippen LogP contribution in [0.25, 0.3) is 11.0 Å². The van der Waals surface area contributed by atoms with Gasteiger partial charge in [0.2, 0.25) is 10.0 Å². The number of carbonyl (C=O) groups is 1. The van der Waals surface area contributed by atoms with Crippen LogP contribution in [0.15, 0.2) is 51.5 Å². The van der Waals surface area contributed by atoms with Gasteiger partial charge in [0.25, 0.3) is 5.91 Å². The minimum absolute atomic E-state index is 0.0319. The van der Waals surface area contributed by atoms with Gasteiger partial charge in [-0.3, -0.25) is 4.79 Å². The number of amides is 1. The summed E-state index contributed by atoms with van der Waals surface area (Å²) in [4.78, 5) is 11.6. The summed E-state index contributed by atoms with van der Waals surface area (Å²) in [7, 11) is -3.98. The Labute approximate surface area is 174 Å².